The molecular formula is C14H13IN6O3. The topological polar surface area (TPSA) is 108 Å². The molecule has 0 radical (unpaired) electrons. The lowest BCUT2D eigenvalue weighted by Crippen LogP contribution is -2.21. The molecule has 0 aliphatic rings. The standard InChI is InChI=1S/C14H13IN6O3/c1-14(2,15)24-13(23)9-3-4-11(16-7-9)21-12(22)10(8-18-21)20-6-5-17-19-20/h3-8,18H,1-2H3. The average Bonchev–Trinajstić information content (AvgIpc) is 3.15. The third kappa shape index (κ3) is 3.37. The van der Waals surface area contributed by atoms with Gasteiger partial charge in [-0.2, -0.15) is 4.68 Å². The molecular weight excluding hydrogens is 427 g/mol. The third-order valence-corrected chi connectivity index (χ3v) is 3.19. The van der Waals surface area contributed by atoms with Crippen molar-refractivity contribution >= 4 is 28.6 Å². The fraction of sp³-hybridized carbons (Fsp3) is 0.214. The van der Waals surface area contributed by atoms with Gasteiger partial charge in [-0.25, -0.2) is 14.5 Å². The number of esters is 1. The van der Waals surface area contributed by atoms with E-state index in [9.17, 15) is 9.59 Å². The molecule has 0 aromatic carbocycles. The van der Waals surface area contributed by atoms with E-state index < -0.39 is 9.58 Å². The van der Waals surface area contributed by atoms with E-state index in [1.807, 2.05) is 22.6 Å². The smallest absolute Gasteiger partial charge is 0.341 e. The van der Waals surface area contributed by atoms with Crippen LogP contribution in [-0.2, 0) is 4.74 Å². The van der Waals surface area contributed by atoms with Crippen LogP contribution >= 0.6 is 22.6 Å². The summed E-state index contributed by atoms with van der Waals surface area (Å²) in [4.78, 5) is 28.5. The predicted octanol–water partition coefficient (Wildman–Crippen LogP) is 1.47. The zero-order chi connectivity index (χ0) is 17.3. The van der Waals surface area contributed by atoms with E-state index in [0.717, 1.165) is 0 Å². The van der Waals surface area contributed by atoms with Crippen LogP contribution in [0.15, 0.2) is 41.7 Å². The number of alkyl halides is 1. The first-order chi connectivity index (χ1) is 11.3. The first-order valence-electron chi connectivity index (χ1n) is 6.91. The number of aromatic amines is 1. The van der Waals surface area contributed by atoms with Gasteiger partial charge >= 0.3 is 5.97 Å². The Bertz CT molecular complexity index is 905. The number of pyridine rings is 1. The summed E-state index contributed by atoms with van der Waals surface area (Å²) in [6.45, 7) is 3.55. The summed E-state index contributed by atoms with van der Waals surface area (Å²) in [6.07, 6.45) is 5.90. The highest BCUT2D eigenvalue weighted by molar-refractivity contribution is 14.1. The highest BCUT2D eigenvalue weighted by Gasteiger charge is 2.20. The Labute approximate surface area is 149 Å². The summed E-state index contributed by atoms with van der Waals surface area (Å²) < 4.78 is 7.24. The Morgan fingerprint density at radius 3 is 2.75 bits per heavy atom. The zero-order valence-corrected chi connectivity index (χ0v) is 15.0. The maximum atomic E-state index is 12.4. The summed E-state index contributed by atoms with van der Waals surface area (Å²) in [5, 5.41) is 10.2. The Morgan fingerprint density at radius 1 is 1.38 bits per heavy atom. The number of hydrogen-bond donors (Lipinski definition) is 1. The van der Waals surface area contributed by atoms with Crippen LogP contribution in [0.4, 0.5) is 0 Å². The number of aromatic nitrogens is 6. The number of carbonyl (C=O) groups is 1. The lowest BCUT2D eigenvalue weighted by molar-refractivity contribution is 0.0339. The van der Waals surface area contributed by atoms with Crippen molar-refractivity contribution in [3.8, 4) is 11.5 Å². The van der Waals surface area contributed by atoms with Gasteiger partial charge in [0.1, 0.15) is 0 Å². The molecule has 9 nitrogen and oxygen atoms in total. The second-order valence-electron chi connectivity index (χ2n) is 5.30. The van der Waals surface area contributed by atoms with Gasteiger partial charge in [0.25, 0.3) is 5.56 Å². The molecule has 0 amide bonds. The molecule has 0 bridgehead atoms. The van der Waals surface area contributed by atoms with Crippen molar-refractivity contribution in [1.29, 1.82) is 0 Å². The molecule has 3 aromatic heterocycles. The number of rotatable bonds is 4. The molecule has 10 heteroatoms. The summed E-state index contributed by atoms with van der Waals surface area (Å²) in [5.74, 6) is -0.132. The van der Waals surface area contributed by atoms with Gasteiger partial charge in [0.15, 0.2) is 15.1 Å². The van der Waals surface area contributed by atoms with Crippen LogP contribution in [-0.4, -0.2) is 39.3 Å². The predicted molar refractivity (Wildman–Crippen MR) is 92.6 cm³/mol. The first-order valence-corrected chi connectivity index (χ1v) is 7.99. The quantitative estimate of drug-likeness (QED) is 0.374. The molecule has 0 saturated carbocycles. The number of nitrogens with one attached hydrogen (secondary N) is 1. The second kappa shape index (κ2) is 6.19. The molecule has 3 heterocycles. The molecule has 24 heavy (non-hydrogen) atoms. The van der Waals surface area contributed by atoms with Gasteiger partial charge in [-0.05, 0) is 48.6 Å². The Morgan fingerprint density at radius 2 is 2.17 bits per heavy atom. The molecule has 1 N–H and O–H groups in total. The zero-order valence-electron chi connectivity index (χ0n) is 12.8. The van der Waals surface area contributed by atoms with Crippen LogP contribution in [0.3, 0.4) is 0 Å². The van der Waals surface area contributed by atoms with E-state index in [4.69, 9.17) is 4.74 Å². The SMILES string of the molecule is CC(C)(I)OC(=O)c1ccc(-n2[nH]cc(-n3ccnn3)c2=O)nc1. The molecule has 3 rings (SSSR count). The van der Waals surface area contributed by atoms with Crippen molar-refractivity contribution in [3.63, 3.8) is 0 Å². The van der Waals surface area contributed by atoms with Crippen LogP contribution < -0.4 is 5.56 Å². The van der Waals surface area contributed by atoms with Crippen molar-refractivity contribution in [2.45, 2.75) is 17.5 Å². The molecule has 3 aromatic rings. The van der Waals surface area contributed by atoms with Gasteiger partial charge < -0.3 is 4.74 Å². The molecule has 0 aliphatic carbocycles. The minimum Gasteiger partial charge on any atom is -0.445 e. The lowest BCUT2D eigenvalue weighted by atomic mass is 10.3. The lowest BCUT2D eigenvalue weighted by Gasteiger charge is -2.17. The van der Waals surface area contributed by atoms with Gasteiger partial charge in [0.2, 0.25) is 0 Å². The van der Waals surface area contributed by atoms with E-state index in [1.165, 1.54) is 28.0 Å². The van der Waals surface area contributed by atoms with E-state index in [-0.39, 0.29) is 5.56 Å². The van der Waals surface area contributed by atoms with Crippen molar-refractivity contribution in [2.75, 3.05) is 0 Å². The second-order valence-corrected chi connectivity index (χ2v) is 7.90. The molecule has 0 saturated heterocycles. The fourth-order valence-electron chi connectivity index (χ4n) is 1.95. The largest absolute Gasteiger partial charge is 0.445 e. The van der Waals surface area contributed by atoms with E-state index in [0.29, 0.717) is 17.1 Å². The van der Waals surface area contributed by atoms with Gasteiger partial charge in [0.05, 0.1) is 24.2 Å². The molecule has 0 aliphatic heterocycles. The van der Waals surface area contributed by atoms with Crippen LogP contribution in [0.2, 0.25) is 0 Å². The summed E-state index contributed by atoms with van der Waals surface area (Å²) in [6, 6.07) is 3.11. The molecule has 124 valence electrons. The van der Waals surface area contributed by atoms with Crippen LogP contribution in [0.25, 0.3) is 11.5 Å². The highest BCUT2D eigenvalue weighted by Crippen LogP contribution is 2.20. The minimum atomic E-state index is -0.614. The summed E-state index contributed by atoms with van der Waals surface area (Å²) >= 11 is 2.02. The van der Waals surface area contributed by atoms with Crippen molar-refractivity contribution in [1.82, 2.24) is 29.8 Å². The number of nitrogens with zero attached hydrogens (tertiary/aromatic N) is 5. The normalized spacial score (nSPS) is 11.5. The van der Waals surface area contributed by atoms with E-state index in [1.54, 1.807) is 32.2 Å². The van der Waals surface area contributed by atoms with Gasteiger partial charge in [-0.15, -0.1) is 5.10 Å². The van der Waals surface area contributed by atoms with Crippen molar-refractivity contribution < 1.29 is 9.53 Å². The monoisotopic (exact) mass is 440 g/mol. The number of halogens is 1. The molecule has 0 spiro atoms. The minimum absolute atomic E-state index is 0.305. The van der Waals surface area contributed by atoms with Gasteiger partial charge in [0, 0.05) is 6.20 Å². The Balaban J connectivity index is 1.87. The summed E-state index contributed by atoms with van der Waals surface area (Å²) in [5.41, 5.74) is 0.278. The molecule has 0 unspecified atom stereocenters. The fourth-order valence-corrected chi connectivity index (χ4v) is 2.15. The number of ether oxygens (including phenoxy) is 1. The number of carbonyl (C=O) groups excluding carboxylic acids is 1. The maximum Gasteiger partial charge on any atom is 0.341 e. The van der Waals surface area contributed by atoms with E-state index in [2.05, 4.69) is 20.4 Å². The van der Waals surface area contributed by atoms with Crippen molar-refractivity contribution in [2.24, 2.45) is 0 Å². The third-order valence-electron chi connectivity index (χ3n) is 2.97. The average molecular weight is 440 g/mol. The number of hydrogen-bond acceptors (Lipinski definition) is 6. The Hall–Kier alpha value is -2.50. The van der Waals surface area contributed by atoms with Crippen LogP contribution in [0, 0.1) is 0 Å². The Kier molecular flexibility index (Phi) is 4.22. The van der Waals surface area contributed by atoms with Crippen LogP contribution in [0.5, 0.6) is 0 Å². The highest BCUT2D eigenvalue weighted by atomic mass is 127. The maximum absolute atomic E-state index is 12.4. The van der Waals surface area contributed by atoms with Gasteiger partial charge in [-0.1, -0.05) is 5.21 Å². The van der Waals surface area contributed by atoms with Crippen LogP contribution in [0.1, 0.15) is 24.2 Å². The number of H-pyrrole nitrogens is 1. The molecule has 0 atom stereocenters. The summed E-state index contributed by atoms with van der Waals surface area (Å²) in [7, 11) is 0. The van der Waals surface area contributed by atoms with Gasteiger partial charge in [-0.3, -0.25) is 9.89 Å². The first kappa shape index (κ1) is 16.4. The molecule has 0 fully saturated rings. The van der Waals surface area contributed by atoms with E-state index >= 15 is 0 Å². The van der Waals surface area contributed by atoms with Crippen molar-refractivity contribution in [3.05, 3.63) is 52.8 Å².